The number of carbonyl (C=O) groups is 1. The van der Waals surface area contributed by atoms with E-state index in [4.69, 9.17) is 5.73 Å². The van der Waals surface area contributed by atoms with Gasteiger partial charge >= 0.3 is 0 Å². The standard InChI is InChI=1S/C16H12N4O/c17-11-4-5-15-10(8-11)9-19-20(15)16(21)13-2-1-3-14-12(13)6-7-18-14/h1-9,18H,17H2. The average Bonchev–Trinajstić information content (AvgIpc) is 3.11. The Bertz CT molecular complexity index is 980. The number of benzene rings is 2. The summed E-state index contributed by atoms with van der Waals surface area (Å²) in [6.45, 7) is 0. The second kappa shape index (κ2) is 4.21. The molecule has 0 fully saturated rings. The second-order valence-corrected chi connectivity index (χ2v) is 4.92. The number of anilines is 1. The van der Waals surface area contributed by atoms with E-state index in [0.29, 0.717) is 11.3 Å². The summed E-state index contributed by atoms with van der Waals surface area (Å²) in [5.74, 6) is -0.153. The number of rotatable bonds is 1. The van der Waals surface area contributed by atoms with Crippen molar-refractivity contribution in [3.63, 3.8) is 0 Å². The van der Waals surface area contributed by atoms with Crippen molar-refractivity contribution in [1.29, 1.82) is 0 Å². The van der Waals surface area contributed by atoms with Crippen molar-refractivity contribution in [1.82, 2.24) is 14.8 Å². The van der Waals surface area contributed by atoms with Crippen LogP contribution in [-0.2, 0) is 0 Å². The molecule has 5 nitrogen and oxygen atoms in total. The molecule has 0 aliphatic heterocycles. The smallest absolute Gasteiger partial charge is 0.279 e. The van der Waals surface area contributed by atoms with E-state index in [1.807, 2.05) is 42.6 Å². The Hall–Kier alpha value is -3.08. The van der Waals surface area contributed by atoms with Gasteiger partial charge in [0.05, 0.1) is 17.3 Å². The molecule has 2 aromatic heterocycles. The summed E-state index contributed by atoms with van der Waals surface area (Å²) in [7, 11) is 0. The maximum Gasteiger partial charge on any atom is 0.279 e. The molecule has 4 rings (SSSR count). The van der Waals surface area contributed by atoms with Gasteiger partial charge in [0.2, 0.25) is 0 Å². The third-order valence-electron chi connectivity index (χ3n) is 3.61. The van der Waals surface area contributed by atoms with E-state index in [2.05, 4.69) is 10.1 Å². The third-order valence-corrected chi connectivity index (χ3v) is 3.61. The van der Waals surface area contributed by atoms with Gasteiger partial charge in [-0.3, -0.25) is 4.79 Å². The lowest BCUT2D eigenvalue weighted by Gasteiger charge is -2.04. The predicted molar refractivity (Wildman–Crippen MR) is 82.2 cm³/mol. The second-order valence-electron chi connectivity index (χ2n) is 4.92. The molecule has 0 unspecified atom stereocenters. The Kier molecular flexibility index (Phi) is 2.35. The number of hydrogen-bond acceptors (Lipinski definition) is 3. The number of nitrogen functional groups attached to an aromatic ring is 1. The molecule has 0 saturated heterocycles. The molecule has 0 bridgehead atoms. The number of carbonyl (C=O) groups excluding carboxylic acids is 1. The van der Waals surface area contributed by atoms with Crippen LogP contribution in [0.2, 0.25) is 0 Å². The van der Waals surface area contributed by atoms with Crippen LogP contribution in [0.3, 0.4) is 0 Å². The summed E-state index contributed by atoms with van der Waals surface area (Å²) in [4.78, 5) is 15.9. The first kappa shape index (κ1) is 11.7. The van der Waals surface area contributed by atoms with E-state index in [1.54, 1.807) is 12.3 Å². The average molecular weight is 276 g/mol. The van der Waals surface area contributed by atoms with E-state index in [0.717, 1.165) is 21.8 Å². The molecule has 2 aromatic carbocycles. The highest BCUT2D eigenvalue weighted by atomic mass is 16.2. The van der Waals surface area contributed by atoms with Crippen molar-refractivity contribution in [2.45, 2.75) is 0 Å². The maximum absolute atomic E-state index is 12.8. The molecule has 0 radical (unpaired) electrons. The van der Waals surface area contributed by atoms with Gasteiger partial charge in [0.25, 0.3) is 5.91 Å². The van der Waals surface area contributed by atoms with Gasteiger partial charge in [0, 0.05) is 28.2 Å². The number of fused-ring (bicyclic) bond motifs is 2. The Morgan fingerprint density at radius 3 is 3.00 bits per heavy atom. The molecular formula is C16H12N4O. The van der Waals surface area contributed by atoms with Crippen LogP contribution in [0.25, 0.3) is 21.8 Å². The number of nitrogens with two attached hydrogens (primary N) is 1. The van der Waals surface area contributed by atoms with Crippen molar-refractivity contribution in [2.75, 3.05) is 5.73 Å². The predicted octanol–water partition coefficient (Wildman–Crippen LogP) is 2.79. The molecule has 0 aliphatic carbocycles. The molecule has 0 atom stereocenters. The van der Waals surface area contributed by atoms with Crippen LogP contribution >= 0.6 is 0 Å². The Morgan fingerprint density at radius 2 is 2.10 bits per heavy atom. The van der Waals surface area contributed by atoms with Gasteiger partial charge in [-0.25, -0.2) is 0 Å². The van der Waals surface area contributed by atoms with Crippen molar-refractivity contribution in [3.05, 3.63) is 60.4 Å². The highest BCUT2D eigenvalue weighted by molar-refractivity contribution is 6.09. The van der Waals surface area contributed by atoms with Gasteiger partial charge < -0.3 is 10.7 Å². The van der Waals surface area contributed by atoms with Crippen molar-refractivity contribution in [3.8, 4) is 0 Å². The minimum atomic E-state index is -0.153. The number of aromatic nitrogens is 3. The van der Waals surface area contributed by atoms with Crippen LogP contribution in [0.15, 0.2) is 54.9 Å². The molecule has 4 aromatic rings. The maximum atomic E-state index is 12.8. The van der Waals surface area contributed by atoms with Crippen LogP contribution in [0.5, 0.6) is 0 Å². The van der Waals surface area contributed by atoms with E-state index in [1.165, 1.54) is 4.68 Å². The van der Waals surface area contributed by atoms with Crippen molar-refractivity contribution < 1.29 is 4.79 Å². The number of hydrogen-bond donors (Lipinski definition) is 2. The molecule has 3 N–H and O–H groups in total. The van der Waals surface area contributed by atoms with Gasteiger partial charge in [0.1, 0.15) is 0 Å². The zero-order valence-corrected chi connectivity index (χ0v) is 11.1. The van der Waals surface area contributed by atoms with Gasteiger partial charge in [-0.15, -0.1) is 0 Å². The fourth-order valence-corrected chi connectivity index (χ4v) is 2.60. The highest BCUT2D eigenvalue weighted by Crippen LogP contribution is 2.22. The van der Waals surface area contributed by atoms with Crippen LogP contribution in [0.4, 0.5) is 5.69 Å². The largest absolute Gasteiger partial charge is 0.399 e. The molecule has 102 valence electrons. The quantitative estimate of drug-likeness (QED) is 0.525. The fraction of sp³-hybridized carbons (Fsp3) is 0. The Balaban J connectivity index is 1.92. The minimum Gasteiger partial charge on any atom is -0.399 e. The SMILES string of the molecule is Nc1ccc2c(cnn2C(=O)c2cccc3[nH]ccc23)c1. The van der Waals surface area contributed by atoms with Gasteiger partial charge in [-0.05, 0) is 36.4 Å². The summed E-state index contributed by atoms with van der Waals surface area (Å²) < 4.78 is 1.41. The number of H-pyrrole nitrogens is 1. The summed E-state index contributed by atoms with van der Waals surface area (Å²) in [5.41, 5.74) is 8.71. The van der Waals surface area contributed by atoms with Crippen LogP contribution in [0, 0.1) is 0 Å². The molecule has 5 heteroatoms. The molecular weight excluding hydrogens is 264 g/mol. The summed E-state index contributed by atoms with van der Waals surface area (Å²) in [5, 5.41) is 5.95. The monoisotopic (exact) mass is 276 g/mol. The van der Waals surface area contributed by atoms with Crippen LogP contribution in [0.1, 0.15) is 10.4 Å². The zero-order chi connectivity index (χ0) is 14.4. The molecule has 21 heavy (non-hydrogen) atoms. The first-order valence-corrected chi connectivity index (χ1v) is 6.58. The van der Waals surface area contributed by atoms with Crippen LogP contribution in [-0.4, -0.2) is 20.7 Å². The van der Waals surface area contributed by atoms with E-state index < -0.39 is 0 Å². The molecule has 0 saturated carbocycles. The zero-order valence-electron chi connectivity index (χ0n) is 11.1. The van der Waals surface area contributed by atoms with Crippen LogP contribution < -0.4 is 5.73 Å². The molecule has 0 amide bonds. The molecule has 0 spiro atoms. The minimum absolute atomic E-state index is 0.153. The Labute approximate surface area is 120 Å². The van der Waals surface area contributed by atoms with E-state index >= 15 is 0 Å². The van der Waals surface area contributed by atoms with Crippen molar-refractivity contribution >= 4 is 33.4 Å². The van der Waals surface area contributed by atoms with Crippen molar-refractivity contribution in [2.24, 2.45) is 0 Å². The number of aromatic amines is 1. The molecule has 2 heterocycles. The number of nitrogens with zero attached hydrogens (tertiary/aromatic N) is 2. The van der Waals surface area contributed by atoms with E-state index in [-0.39, 0.29) is 5.91 Å². The Morgan fingerprint density at radius 1 is 1.19 bits per heavy atom. The van der Waals surface area contributed by atoms with Gasteiger partial charge in [-0.1, -0.05) is 6.07 Å². The summed E-state index contributed by atoms with van der Waals surface area (Å²) >= 11 is 0. The summed E-state index contributed by atoms with van der Waals surface area (Å²) in [6, 6.07) is 12.9. The normalized spacial score (nSPS) is 11.2. The summed E-state index contributed by atoms with van der Waals surface area (Å²) in [6.07, 6.45) is 3.48. The van der Waals surface area contributed by atoms with Gasteiger partial charge in [-0.2, -0.15) is 9.78 Å². The van der Waals surface area contributed by atoms with Gasteiger partial charge in [0.15, 0.2) is 0 Å². The lowest BCUT2D eigenvalue weighted by molar-refractivity contribution is 0.0952. The fourth-order valence-electron chi connectivity index (χ4n) is 2.60. The highest BCUT2D eigenvalue weighted by Gasteiger charge is 2.15. The number of nitrogens with one attached hydrogen (secondary N) is 1. The lowest BCUT2D eigenvalue weighted by Crippen LogP contribution is -2.13. The lowest BCUT2D eigenvalue weighted by atomic mass is 10.1. The first-order chi connectivity index (χ1) is 10.2. The van der Waals surface area contributed by atoms with E-state index in [9.17, 15) is 4.79 Å². The first-order valence-electron chi connectivity index (χ1n) is 6.58. The topological polar surface area (TPSA) is 76.7 Å². The third kappa shape index (κ3) is 1.71. The molecule has 0 aliphatic rings.